The van der Waals surface area contributed by atoms with Gasteiger partial charge in [-0.05, 0) is 72.9 Å². The maximum Gasteiger partial charge on any atom is 0.310 e. The lowest BCUT2D eigenvalue weighted by Crippen LogP contribution is -2.29. The van der Waals surface area contributed by atoms with E-state index >= 15 is 0 Å². The van der Waals surface area contributed by atoms with Crippen molar-refractivity contribution in [3.05, 3.63) is 94.8 Å². The van der Waals surface area contributed by atoms with Gasteiger partial charge in [0.05, 0.1) is 31.2 Å². The molecular formula is C31H32N2O6. The summed E-state index contributed by atoms with van der Waals surface area (Å²) in [7, 11) is 0. The molecule has 1 fully saturated rings. The molecule has 4 rings (SSSR count). The molecule has 1 unspecified atom stereocenters. The van der Waals surface area contributed by atoms with Gasteiger partial charge in [0.1, 0.15) is 11.5 Å². The lowest BCUT2D eigenvalue weighted by molar-refractivity contribution is -0.142. The third kappa shape index (κ3) is 5.70. The van der Waals surface area contributed by atoms with E-state index in [1.165, 1.54) is 4.90 Å². The van der Waals surface area contributed by atoms with Crippen LogP contribution in [0.15, 0.2) is 72.6 Å². The average Bonchev–Trinajstić information content (AvgIpc) is 3.19. The second-order valence-electron chi connectivity index (χ2n) is 9.44. The van der Waals surface area contributed by atoms with Gasteiger partial charge in [-0.3, -0.25) is 24.3 Å². The van der Waals surface area contributed by atoms with Gasteiger partial charge in [0, 0.05) is 23.6 Å². The standard InChI is InChI=1S/C31H32N2O6/c1-5-38-25-14-11-21(17-24(25)19(3)4)29(35)27-28(22-8-7-15-32-18-22)33(31(37)30(27)36)23-12-9-20(10-13-23)16-26(34)39-6-2/h7-15,17-19,28,35H,5-6,16H2,1-4H3/b29-27-. The normalized spacial score (nSPS) is 16.5. The number of nitrogens with zero attached hydrogens (tertiary/aromatic N) is 2. The summed E-state index contributed by atoms with van der Waals surface area (Å²) in [5.74, 6) is -1.37. The Bertz CT molecular complexity index is 1400. The molecule has 39 heavy (non-hydrogen) atoms. The fourth-order valence-corrected chi connectivity index (χ4v) is 4.69. The minimum atomic E-state index is -0.899. The van der Waals surface area contributed by atoms with Crippen LogP contribution in [0.2, 0.25) is 0 Å². The van der Waals surface area contributed by atoms with Gasteiger partial charge in [-0.2, -0.15) is 0 Å². The highest BCUT2D eigenvalue weighted by Crippen LogP contribution is 2.42. The van der Waals surface area contributed by atoms with Crippen molar-refractivity contribution in [1.29, 1.82) is 0 Å². The number of anilines is 1. The van der Waals surface area contributed by atoms with Crippen molar-refractivity contribution in [2.75, 3.05) is 18.1 Å². The number of benzene rings is 2. The first-order valence-corrected chi connectivity index (χ1v) is 13.0. The zero-order valence-electron chi connectivity index (χ0n) is 22.5. The van der Waals surface area contributed by atoms with Gasteiger partial charge in [0.2, 0.25) is 0 Å². The van der Waals surface area contributed by atoms with Crippen molar-refractivity contribution in [1.82, 2.24) is 4.98 Å². The molecule has 1 atom stereocenters. The highest BCUT2D eigenvalue weighted by molar-refractivity contribution is 6.51. The van der Waals surface area contributed by atoms with Gasteiger partial charge >= 0.3 is 5.97 Å². The number of pyridine rings is 1. The maximum atomic E-state index is 13.4. The minimum absolute atomic E-state index is 0.0255. The van der Waals surface area contributed by atoms with Crippen molar-refractivity contribution in [2.45, 2.75) is 46.1 Å². The highest BCUT2D eigenvalue weighted by atomic mass is 16.5. The number of hydrogen-bond acceptors (Lipinski definition) is 7. The van der Waals surface area contributed by atoms with E-state index in [1.807, 2.05) is 20.8 Å². The van der Waals surface area contributed by atoms with E-state index in [-0.39, 0.29) is 29.6 Å². The van der Waals surface area contributed by atoms with E-state index in [2.05, 4.69) is 4.98 Å². The van der Waals surface area contributed by atoms with Crippen molar-refractivity contribution in [3.8, 4) is 5.75 Å². The summed E-state index contributed by atoms with van der Waals surface area (Å²) in [5, 5.41) is 11.5. The van der Waals surface area contributed by atoms with E-state index in [0.29, 0.717) is 41.3 Å². The zero-order valence-corrected chi connectivity index (χ0v) is 22.5. The van der Waals surface area contributed by atoms with Crippen molar-refractivity contribution < 1.29 is 29.0 Å². The lowest BCUT2D eigenvalue weighted by Gasteiger charge is -2.25. The van der Waals surface area contributed by atoms with Gasteiger partial charge in [-0.15, -0.1) is 0 Å². The molecule has 3 aromatic rings. The summed E-state index contributed by atoms with van der Waals surface area (Å²) in [6.45, 7) is 8.46. The Balaban J connectivity index is 1.81. The third-order valence-corrected chi connectivity index (χ3v) is 6.52. The number of carbonyl (C=O) groups is 3. The van der Waals surface area contributed by atoms with Crippen LogP contribution in [-0.2, 0) is 25.5 Å². The summed E-state index contributed by atoms with van der Waals surface area (Å²) in [5.41, 5.74) is 3.00. The molecule has 0 saturated carbocycles. The van der Waals surface area contributed by atoms with Gasteiger partial charge in [0.15, 0.2) is 0 Å². The Morgan fingerprint density at radius 3 is 2.41 bits per heavy atom. The Morgan fingerprint density at radius 2 is 1.79 bits per heavy atom. The molecule has 202 valence electrons. The fraction of sp³-hybridized carbons (Fsp3) is 0.290. The number of Topliss-reactive ketones (excluding diaryl/α,β-unsaturated/α-hetero) is 1. The molecule has 1 N–H and O–H groups in total. The van der Waals surface area contributed by atoms with Gasteiger partial charge in [0.25, 0.3) is 11.7 Å². The monoisotopic (exact) mass is 528 g/mol. The van der Waals surface area contributed by atoms with Gasteiger partial charge < -0.3 is 14.6 Å². The predicted molar refractivity (Wildman–Crippen MR) is 147 cm³/mol. The van der Waals surface area contributed by atoms with Gasteiger partial charge in [-0.1, -0.05) is 32.0 Å². The number of aliphatic hydroxyl groups is 1. The Morgan fingerprint density at radius 1 is 1.05 bits per heavy atom. The van der Waals surface area contributed by atoms with Gasteiger partial charge in [-0.25, -0.2) is 0 Å². The smallest absolute Gasteiger partial charge is 0.310 e. The number of aliphatic hydroxyl groups excluding tert-OH is 1. The van der Waals surface area contributed by atoms with E-state index in [4.69, 9.17) is 9.47 Å². The van der Waals surface area contributed by atoms with Crippen LogP contribution in [0.4, 0.5) is 5.69 Å². The van der Waals surface area contributed by atoms with E-state index in [1.54, 1.807) is 73.9 Å². The number of ketones is 1. The van der Waals surface area contributed by atoms with Crippen LogP contribution >= 0.6 is 0 Å². The van der Waals surface area contributed by atoms with Crippen LogP contribution in [0.25, 0.3) is 5.76 Å². The van der Waals surface area contributed by atoms with E-state index in [9.17, 15) is 19.5 Å². The van der Waals surface area contributed by atoms with Crippen LogP contribution in [0, 0.1) is 0 Å². The molecule has 1 aliphatic heterocycles. The topological polar surface area (TPSA) is 106 Å². The summed E-state index contributed by atoms with van der Waals surface area (Å²) in [6.07, 6.45) is 3.26. The second kappa shape index (κ2) is 11.9. The molecular weight excluding hydrogens is 496 g/mol. The molecule has 8 heteroatoms. The Labute approximate surface area is 227 Å². The lowest BCUT2D eigenvalue weighted by atomic mass is 9.93. The minimum Gasteiger partial charge on any atom is -0.507 e. The molecule has 0 radical (unpaired) electrons. The number of rotatable bonds is 9. The summed E-state index contributed by atoms with van der Waals surface area (Å²) in [4.78, 5) is 44.3. The van der Waals surface area contributed by atoms with Crippen LogP contribution < -0.4 is 9.64 Å². The number of aromatic nitrogens is 1. The van der Waals surface area contributed by atoms with Crippen LogP contribution in [0.1, 0.15) is 61.9 Å². The molecule has 1 saturated heterocycles. The molecule has 1 aliphatic rings. The predicted octanol–water partition coefficient (Wildman–Crippen LogP) is 5.34. The van der Waals surface area contributed by atoms with Crippen molar-refractivity contribution >= 4 is 29.1 Å². The quantitative estimate of drug-likeness (QED) is 0.173. The Hall–Kier alpha value is -4.46. The Kier molecular flexibility index (Phi) is 8.44. The van der Waals surface area contributed by atoms with Crippen molar-refractivity contribution in [2.24, 2.45) is 0 Å². The largest absolute Gasteiger partial charge is 0.507 e. The molecule has 2 aromatic carbocycles. The molecule has 0 bridgehead atoms. The van der Waals surface area contributed by atoms with Crippen LogP contribution in [0.5, 0.6) is 5.75 Å². The molecule has 0 spiro atoms. The maximum absolute atomic E-state index is 13.4. The molecule has 2 heterocycles. The molecule has 1 aromatic heterocycles. The number of ether oxygens (including phenoxy) is 2. The summed E-state index contributed by atoms with van der Waals surface area (Å²) >= 11 is 0. The molecule has 1 amide bonds. The molecule has 8 nitrogen and oxygen atoms in total. The fourth-order valence-electron chi connectivity index (χ4n) is 4.69. The number of esters is 1. The summed E-state index contributed by atoms with van der Waals surface area (Å²) < 4.78 is 10.8. The first-order valence-electron chi connectivity index (χ1n) is 13.0. The molecule has 0 aliphatic carbocycles. The third-order valence-electron chi connectivity index (χ3n) is 6.52. The van der Waals surface area contributed by atoms with E-state index < -0.39 is 17.7 Å². The van der Waals surface area contributed by atoms with Crippen molar-refractivity contribution in [3.63, 3.8) is 0 Å². The SMILES string of the molecule is CCOC(=O)Cc1ccc(N2C(=O)C(=O)/C(=C(\O)c3ccc(OCC)c(C(C)C)c3)C2c2cccnc2)cc1. The average molecular weight is 529 g/mol. The second-order valence-corrected chi connectivity index (χ2v) is 9.44. The number of hydrogen-bond donors (Lipinski definition) is 1. The summed E-state index contributed by atoms with van der Waals surface area (Å²) in [6, 6.07) is 14.6. The first-order chi connectivity index (χ1) is 18.8. The number of amides is 1. The number of carbonyl (C=O) groups excluding carboxylic acids is 3. The first kappa shape index (κ1) is 27.6. The highest BCUT2D eigenvalue weighted by Gasteiger charge is 2.47. The van der Waals surface area contributed by atoms with Crippen LogP contribution in [0.3, 0.4) is 0 Å². The zero-order chi connectivity index (χ0) is 28.1. The van der Waals surface area contributed by atoms with E-state index in [0.717, 1.165) is 5.56 Å². The van der Waals surface area contributed by atoms with Crippen LogP contribution in [-0.4, -0.2) is 41.0 Å².